The van der Waals surface area contributed by atoms with Crippen LogP contribution in [0, 0.1) is 0 Å². The SMILES string of the molecule is c1ccc(-c2nc(-c3ccccc3)nc(-c3cc(-c4ccccc4)c4oc5cc6c7ccccc7n(-c7ccccc7)c6cc5c4c3)n2)cc1. The second kappa shape index (κ2) is 11.4. The van der Waals surface area contributed by atoms with Gasteiger partial charge in [-0.1, -0.05) is 127 Å². The molecule has 0 aliphatic rings. The molecule has 0 fully saturated rings. The number of hydrogen-bond donors (Lipinski definition) is 0. The maximum atomic E-state index is 6.82. The van der Waals surface area contributed by atoms with Gasteiger partial charge in [0.15, 0.2) is 17.5 Å². The number of rotatable bonds is 5. The van der Waals surface area contributed by atoms with Crippen LogP contribution in [0.3, 0.4) is 0 Å². The molecule has 0 saturated carbocycles. The molecule has 7 aromatic carbocycles. The van der Waals surface area contributed by atoms with Gasteiger partial charge in [-0.15, -0.1) is 0 Å². The van der Waals surface area contributed by atoms with Crippen molar-refractivity contribution in [1.29, 1.82) is 0 Å². The van der Waals surface area contributed by atoms with Crippen molar-refractivity contribution in [1.82, 2.24) is 19.5 Å². The Morgan fingerprint density at radius 3 is 1.56 bits per heavy atom. The summed E-state index contributed by atoms with van der Waals surface area (Å²) in [7, 11) is 0. The number of nitrogens with zero attached hydrogens (tertiary/aromatic N) is 4. The minimum Gasteiger partial charge on any atom is -0.455 e. The maximum Gasteiger partial charge on any atom is 0.164 e. The number of benzene rings is 7. The molecule has 0 aliphatic carbocycles. The van der Waals surface area contributed by atoms with Crippen LogP contribution in [0.2, 0.25) is 0 Å². The fraction of sp³-hybridized carbons (Fsp3) is 0. The summed E-state index contributed by atoms with van der Waals surface area (Å²) in [5.41, 5.74) is 9.86. The lowest BCUT2D eigenvalue weighted by Gasteiger charge is -2.10. The molecule has 0 atom stereocenters. The second-order valence-corrected chi connectivity index (χ2v) is 12.5. The van der Waals surface area contributed by atoms with E-state index >= 15 is 0 Å². The van der Waals surface area contributed by atoms with Crippen molar-refractivity contribution in [2.24, 2.45) is 0 Å². The molecule has 3 heterocycles. The third-order valence-corrected chi connectivity index (χ3v) is 9.42. The smallest absolute Gasteiger partial charge is 0.164 e. The van der Waals surface area contributed by atoms with Gasteiger partial charge < -0.3 is 8.98 Å². The molecule has 0 amide bonds. The molecule has 0 spiro atoms. The maximum absolute atomic E-state index is 6.82. The van der Waals surface area contributed by atoms with E-state index in [1.165, 1.54) is 5.39 Å². The zero-order valence-electron chi connectivity index (χ0n) is 26.9. The summed E-state index contributed by atoms with van der Waals surface area (Å²) < 4.78 is 9.17. The minimum absolute atomic E-state index is 0.602. The first-order chi connectivity index (χ1) is 24.8. The van der Waals surface area contributed by atoms with Gasteiger partial charge in [0.05, 0.1) is 11.0 Å². The summed E-state index contributed by atoms with van der Waals surface area (Å²) in [6, 6.07) is 58.5. The molecule has 5 heteroatoms. The zero-order valence-corrected chi connectivity index (χ0v) is 26.9. The summed E-state index contributed by atoms with van der Waals surface area (Å²) in [4.78, 5) is 15.1. The highest BCUT2D eigenvalue weighted by molar-refractivity contribution is 6.19. The molecule has 0 N–H and O–H groups in total. The molecule has 3 aromatic heterocycles. The van der Waals surface area contributed by atoms with E-state index in [0.717, 1.165) is 71.9 Å². The fourth-order valence-electron chi connectivity index (χ4n) is 7.09. The highest BCUT2D eigenvalue weighted by Crippen LogP contribution is 2.42. The monoisotopic (exact) mass is 640 g/mol. The van der Waals surface area contributed by atoms with E-state index in [1.807, 2.05) is 66.7 Å². The van der Waals surface area contributed by atoms with Gasteiger partial charge in [0.2, 0.25) is 0 Å². The van der Waals surface area contributed by atoms with Crippen molar-refractivity contribution < 1.29 is 4.42 Å². The van der Waals surface area contributed by atoms with Gasteiger partial charge in [0, 0.05) is 49.5 Å². The minimum atomic E-state index is 0.602. The predicted octanol–water partition coefficient (Wildman–Crippen LogP) is 11.5. The van der Waals surface area contributed by atoms with Crippen molar-refractivity contribution in [3.63, 3.8) is 0 Å². The molecule has 0 aliphatic heterocycles. The molecule has 5 nitrogen and oxygen atoms in total. The van der Waals surface area contributed by atoms with Crippen molar-refractivity contribution in [3.8, 4) is 51.0 Å². The van der Waals surface area contributed by atoms with Crippen LogP contribution in [0.5, 0.6) is 0 Å². The van der Waals surface area contributed by atoms with E-state index in [0.29, 0.717) is 17.5 Å². The average Bonchev–Trinajstić information content (AvgIpc) is 3.72. The van der Waals surface area contributed by atoms with Crippen LogP contribution in [0.4, 0.5) is 0 Å². The molecule has 50 heavy (non-hydrogen) atoms. The van der Waals surface area contributed by atoms with Gasteiger partial charge in [-0.25, -0.2) is 15.0 Å². The summed E-state index contributed by atoms with van der Waals surface area (Å²) in [6.45, 7) is 0. The fourth-order valence-corrected chi connectivity index (χ4v) is 7.09. The van der Waals surface area contributed by atoms with Gasteiger partial charge in [0.25, 0.3) is 0 Å². The Morgan fingerprint density at radius 1 is 0.380 bits per heavy atom. The van der Waals surface area contributed by atoms with E-state index in [9.17, 15) is 0 Å². The Bertz CT molecular complexity index is 2780. The first-order valence-electron chi connectivity index (χ1n) is 16.7. The molecule has 10 aromatic rings. The Hall–Kier alpha value is -6.85. The van der Waals surface area contributed by atoms with Crippen LogP contribution >= 0.6 is 0 Å². The van der Waals surface area contributed by atoms with Crippen molar-refractivity contribution >= 4 is 43.7 Å². The van der Waals surface area contributed by atoms with Crippen LogP contribution in [-0.2, 0) is 0 Å². The summed E-state index contributed by atoms with van der Waals surface area (Å²) in [5, 5.41) is 4.37. The second-order valence-electron chi connectivity index (χ2n) is 12.5. The lowest BCUT2D eigenvalue weighted by molar-refractivity contribution is 0.670. The summed E-state index contributed by atoms with van der Waals surface area (Å²) in [6.07, 6.45) is 0. The Morgan fingerprint density at radius 2 is 0.920 bits per heavy atom. The van der Waals surface area contributed by atoms with E-state index in [1.54, 1.807) is 0 Å². The molecule has 0 unspecified atom stereocenters. The quantitative estimate of drug-likeness (QED) is 0.188. The number of para-hydroxylation sites is 2. The van der Waals surface area contributed by atoms with Crippen LogP contribution < -0.4 is 0 Å². The molecule has 0 bridgehead atoms. The van der Waals surface area contributed by atoms with Gasteiger partial charge in [-0.3, -0.25) is 0 Å². The largest absolute Gasteiger partial charge is 0.455 e. The Balaban J connectivity index is 1.28. The lowest BCUT2D eigenvalue weighted by Crippen LogP contribution is -2.00. The van der Waals surface area contributed by atoms with Crippen molar-refractivity contribution in [2.75, 3.05) is 0 Å². The summed E-state index contributed by atoms with van der Waals surface area (Å²) in [5.74, 6) is 1.86. The van der Waals surface area contributed by atoms with Crippen LogP contribution in [0.1, 0.15) is 0 Å². The van der Waals surface area contributed by atoms with E-state index in [-0.39, 0.29) is 0 Å². The number of hydrogen-bond acceptors (Lipinski definition) is 4. The van der Waals surface area contributed by atoms with Gasteiger partial charge >= 0.3 is 0 Å². The molecule has 0 radical (unpaired) electrons. The van der Waals surface area contributed by atoms with Gasteiger partial charge in [-0.05, 0) is 48.0 Å². The zero-order chi connectivity index (χ0) is 33.0. The van der Waals surface area contributed by atoms with Crippen LogP contribution in [0.15, 0.2) is 174 Å². The highest BCUT2D eigenvalue weighted by Gasteiger charge is 2.21. The topological polar surface area (TPSA) is 56.7 Å². The molecular formula is C45H28N4O. The third kappa shape index (κ3) is 4.60. The van der Waals surface area contributed by atoms with E-state index in [4.69, 9.17) is 19.4 Å². The van der Waals surface area contributed by atoms with Crippen molar-refractivity contribution in [3.05, 3.63) is 170 Å². The Kier molecular flexibility index (Phi) is 6.42. The lowest BCUT2D eigenvalue weighted by atomic mass is 9.98. The number of aromatic nitrogens is 4. The van der Waals surface area contributed by atoms with Crippen molar-refractivity contribution in [2.45, 2.75) is 0 Å². The predicted molar refractivity (Wildman–Crippen MR) is 203 cm³/mol. The van der Waals surface area contributed by atoms with E-state index in [2.05, 4.69) is 108 Å². The molecule has 10 rings (SSSR count). The summed E-state index contributed by atoms with van der Waals surface area (Å²) >= 11 is 0. The Labute approximate surface area is 287 Å². The van der Waals surface area contributed by atoms with Gasteiger partial charge in [-0.2, -0.15) is 0 Å². The first kappa shape index (κ1) is 28.2. The average molecular weight is 641 g/mol. The first-order valence-corrected chi connectivity index (χ1v) is 16.7. The highest BCUT2D eigenvalue weighted by atomic mass is 16.3. The van der Waals surface area contributed by atoms with Gasteiger partial charge in [0.1, 0.15) is 11.2 Å². The standard InChI is InChI=1S/C45H28N4O/c1-5-15-29(16-6-1)35-25-32(45-47-43(30-17-7-2-8-18-30)46-44(48-45)31-19-9-3-10-20-31)26-38-37-27-40-36(28-41(37)50-42(35)38)34-23-13-14-24-39(34)49(40)33-21-11-4-12-22-33/h1-28H. The molecule has 234 valence electrons. The normalized spacial score (nSPS) is 11.6. The number of fused-ring (bicyclic) bond motifs is 6. The molecular weight excluding hydrogens is 613 g/mol. The third-order valence-electron chi connectivity index (χ3n) is 9.42. The van der Waals surface area contributed by atoms with E-state index < -0.39 is 0 Å². The number of furan rings is 1. The van der Waals surface area contributed by atoms with Crippen LogP contribution in [-0.4, -0.2) is 19.5 Å². The molecule has 0 saturated heterocycles. The van der Waals surface area contributed by atoms with Crippen LogP contribution in [0.25, 0.3) is 94.7 Å².